The highest BCUT2D eigenvalue weighted by Gasteiger charge is 2.32. The second kappa shape index (κ2) is 8.85. The van der Waals surface area contributed by atoms with Gasteiger partial charge in [0.1, 0.15) is 11.3 Å². The van der Waals surface area contributed by atoms with Gasteiger partial charge in [-0.15, -0.1) is 0 Å². The molecule has 2 aromatic heterocycles. The second-order valence-corrected chi connectivity index (χ2v) is 7.82. The lowest BCUT2D eigenvalue weighted by Gasteiger charge is -2.39. The van der Waals surface area contributed by atoms with E-state index in [1.54, 1.807) is 23.1 Å². The minimum atomic E-state index is -2.89. The van der Waals surface area contributed by atoms with Gasteiger partial charge in [-0.25, -0.2) is 18.6 Å². The molecule has 0 saturated carbocycles. The number of ether oxygens (including phenoxy) is 2. The number of anilines is 2. The Bertz CT molecular complexity index is 1210. The van der Waals surface area contributed by atoms with E-state index in [9.17, 15) is 13.6 Å². The number of carbonyl (C=O) groups is 1. The van der Waals surface area contributed by atoms with Gasteiger partial charge in [0.25, 0.3) is 6.43 Å². The van der Waals surface area contributed by atoms with Crippen molar-refractivity contribution in [1.82, 2.24) is 29.8 Å². The van der Waals surface area contributed by atoms with Gasteiger partial charge in [0.05, 0.1) is 31.9 Å². The molecule has 4 heterocycles. The Labute approximate surface area is 192 Å². The maximum absolute atomic E-state index is 14.1. The van der Waals surface area contributed by atoms with Gasteiger partial charge in [0.15, 0.2) is 5.82 Å². The first kappa shape index (κ1) is 22.0. The van der Waals surface area contributed by atoms with E-state index in [0.29, 0.717) is 56.6 Å². The second-order valence-electron chi connectivity index (χ2n) is 7.82. The van der Waals surface area contributed by atoms with Crippen LogP contribution < -0.4 is 19.9 Å². The largest absolute Gasteiger partial charge is 0.494 e. The molecule has 0 aliphatic carbocycles. The number of fused-ring (bicyclic) bond motifs is 1. The highest BCUT2D eigenvalue weighted by atomic mass is 19.3. The van der Waals surface area contributed by atoms with Crippen molar-refractivity contribution in [2.75, 3.05) is 56.3 Å². The van der Waals surface area contributed by atoms with Gasteiger partial charge in [0, 0.05) is 26.2 Å². The topological polar surface area (TPSA) is 131 Å². The first-order valence-electron chi connectivity index (χ1n) is 10.6. The number of alkyl halides is 2. The Morgan fingerprint density at radius 3 is 2.44 bits per heavy atom. The number of morpholine rings is 1. The van der Waals surface area contributed by atoms with Crippen molar-refractivity contribution in [3.05, 3.63) is 24.0 Å². The minimum Gasteiger partial charge on any atom is -0.494 e. The first-order valence-corrected chi connectivity index (χ1v) is 10.6. The molecule has 5 rings (SSSR count). The first-order chi connectivity index (χ1) is 16.4. The number of benzene rings is 1. The quantitative estimate of drug-likeness (QED) is 0.539. The van der Waals surface area contributed by atoms with Crippen LogP contribution in [0.25, 0.3) is 17.0 Å². The fraction of sp³-hybridized carbons (Fsp3) is 0.450. The van der Waals surface area contributed by atoms with E-state index in [1.807, 2.05) is 4.90 Å². The normalized spacial score (nSPS) is 16.7. The molecule has 2 aliphatic rings. The predicted molar refractivity (Wildman–Crippen MR) is 116 cm³/mol. The van der Waals surface area contributed by atoms with E-state index < -0.39 is 18.3 Å². The lowest BCUT2D eigenvalue weighted by atomic mass is 10.1. The molecule has 0 spiro atoms. The summed E-state index contributed by atoms with van der Waals surface area (Å²) in [5.41, 5.74) is 0.638. The molecular weight excluding hydrogens is 454 g/mol. The molecule has 34 heavy (non-hydrogen) atoms. The number of amides is 1. The summed E-state index contributed by atoms with van der Waals surface area (Å²) in [5.74, 6) is 0.416. The summed E-state index contributed by atoms with van der Waals surface area (Å²) in [6.07, 6.45) is -4.01. The number of hydrogen-bond donors (Lipinski definition) is 2. The van der Waals surface area contributed by atoms with Gasteiger partial charge >= 0.3 is 6.09 Å². The molecule has 2 saturated heterocycles. The lowest BCUT2D eigenvalue weighted by Crippen LogP contribution is -2.59. The summed E-state index contributed by atoms with van der Waals surface area (Å²) in [5, 5.41) is 11.3. The average Bonchev–Trinajstić information content (AvgIpc) is 3.21. The van der Waals surface area contributed by atoms with Crippen LogP contribution in [0.5, 0.6) is 5.75 Å². The number of rotatable bonds is 6. The standard InChI is InChI=1S/C20H22F2N8O4/c1-33-13-4-2-3-12-14(13)24-16(15(21)22)30(12)19-26-17(28-5-7-34-8-6-28)25-18(27-19)29-9-11(10-29)23-20(31)32/h2-4,11,15,23H,5-10H2,1H3,(H,31,32). The fourth-order valence-electron chi connectivity index (χ4n) is 4.01. The van der Waals surface area contributed by atoms with Crippen molar-refractivity contribution < 1.29 is 28.2 Å². The molecule has 2 N–H and O–H groups in total. The van der Waals surface area contributed by atoms with E-state index >= 15 is 0 Å². The van der Waals surface area contributed by atoms with E-state index in [4.69, 9.17) is 14.6 Å². The number of halogens is 2. The Balaban J connectivity index is 1.62. The number of carboxylic acid groups (broad SMARTS) is 1. The number of nitrogens with one attached hydrogen (secondary N) is 1. The maximum atomic E-state index is 14.1. The van der Waals surface area contributed by atoms with Crippen LogP contribution in [-0.2, 0) is 4.74 Å². The van der Waals surface area contributed by atoms with E-state index in [-0.39, 0.29) is 23.5 Å². The zero-order chi connectivity index (χ0) is 23.8. The smallest absolute Gasteiger partial charge is 0.405 e. The molecule has 0 bridgehead atoms. The van der Waals surface area contributed by atoms with E-state index in [1.165, 1.54) is 11.7 Å². The Kier molecular flexibility index (Phi) is 5.73. The fourth-order valence-corrected chi connectivity index (χ4v) is 4.01. The van der Waals surface area contributed by atoms with Crippen molar-refractivity contribution in [3.8, 4) is 11.7 Å². The van der Waals surface area contributed by atoms with Gasteiger partial charge in [-0.05, 0) is 12.1 Å². The summed E-state index contributed by atoms with van der Waals surface area (Å²) in [6, 6.07) is 4.68. The van der Waals surface area contributed by atoms with Crippen LogP contribution in [0.3, 0.4) is 0 Å². The molecule has 1 amide bonds. The third-order valence-electron chi connectivity index (χ3n) is 5.68. The highest BCUT2D eigenvalue weighted by molar-refractivity contribution is 5.84. The Morgan fingerprint density at radius 1 is 1.12 bits per heavy atom. The Hall–Kier alpha value is -3.81. The lowest BCUT2D eigenvalue weighted by molar-refractivity contribution is 0.122. The van der Waals surface area contributed by atoms with Gasteiger partial charge in [-0.1, -0.05) is 6.07 Å². The monoisotopic (exact) mass is 476 g/mol. The SMILES string of the molecule is COc1cccc2c1nc(C(F)F)n2-c1nc(N2CCOCC2)nc(N2CC(NC(=O)O)C2)n1. The van der Waals surface area contributed by atoms with Crippen molar-refractivity contribution in [3.63, 3.8) is 0 Å². The maximum Gasteiger partial charge on any atom is 0.405 e. The van der Waals surface area contributed by atoms with Crippen LogP contribution in [-0.4, -0.2) is 88.2 Å². The zero-order valence-corrected chi connectivity index (χ0v) is 18.2. The third kappa shape index (κ3) is 4.00. The summed E-state index contributed by atoms with van der Waals surface area (Å²) in [6.45, 7) is 2.73. The predicted octanol–water partition coefficient (Wildman–Crippen LogP) is 1.45. The number of aromatic nitrogens is 5. The zero-order valence-electron chi connectivity index (χ0n) is 18.2. The van der Waals surface area contributed by atoms with Crippen molar-refractivity contribution in [2.24, 2.45) is 0 Å². The number of methoxy groups -OCH3 is 1. The van der Waals surface area contributed by atoms with Crippen molar-refractivity contribution >= 4 is 29.0 Å². The molecule has 2 aliphatic heterocycles. The number of para-hydroxylation sites is 1. The molecule has 14 heteroatoms. The number of imidazole rings is 1. The Morgan fingerprint density at radius 2 is 1.79 bits per heavy atom. The number of hydrogen-bond acceptors (Lipinski definition) is 9. The van der Waals surface area contributed by atoms with Crippen LogP contribution in [0.1, 0.15) is 12.2 Å². The highest BCUT2D eigenvalue weighted by Crippen LogP contribution is 2.32. The summed E-state index contributed by atoms with van der Waals surface area (Å²) in [7, 11) is 1.44. The molecule has 0 unspecified atom stereocenters. The van der Waals surface area contributed by atoms with Crippen molar-refractivity contribution in [1.29, 1.82) is 0 Å². The molecule has 0 radical (unpaired) electrons. The third-order valence-corrected chi connectivity index (χ3v) is 5.68. The molecule has 12 nitrogen and oxygen atoms in total. The van der Waals surface area contributed by atoms with Crippen LogP contribution >= 0.6 is 0 Å². The minimum absolute atomic E-state index is 0.00723. The average molecular weight is 476 g/mol. The van der Waals surface area contributed by atoms with E-state index in [0.717, 1.165) is 0 Å². The summed E-state index contributed by atoms with van der Waals surface area (Å²) < 4.78 is 40.0. The molecule has 1 aromatic carbocycles. The van der Waals surface area contributed by atoms with Gasteiger partial charge < -0.3 is 29.7 Å². The molecule has 180 valence electrons. The van der Waals surface area contributed by atoms with Crippen LogP contribution in [0.2, 0.25) is 0 Å². The van der Waals surface area contributed by atoms with Gasteiger partial charge in [-0.2, -0.15) is 15.0 Å². The molecule has 2 fully saturated rings. The number of nitrogens with zero attached hydrogens (tertiary/aromatic N) is 7. The van der Waals surface area contributed by atoms with Crippen molar-refractivity contribution in [2.45, 2.75) is 12.5 Å². The molecular formula is C20H22F2N8O4. The summed E-state index contributed by atoms with van der Waals surface area (Å²) >= 11 is 0. The van der Waals surface area contributed by atoms with Crippen LogP contribution in [0, 0.1) is 0 Å². The molecule has 3 aromatic rings. The van der Waals surface area contributed by atoms with Crippen LogP contribution in [0.15, 0.2) is 18.2 Å². The van der Waals surface area contributed by atoms with Gasteiger partial charge in [0.2, 0.25) is 17.8 Å². The van der Waals surface area contributed by atoms with Gasteiger partial charge in [-0.3, -0.25) is 4.57 Å². The van der Waals surface area contributed by atoms with Crippen LogP contribution in [0.4, 0.5) is 25.5 Å². The van der Waals surface area contributed by atoms with E-state index in [2.05, 4.69) is 25.3 Å². The molecule has 0 atom stereocenters. The summed E-state index contributed by atoms with van der Waals surface area (Å²) in [4.78, 5) is 32.2.